The lowest BCUT2D eigenvalue weighted by Crippen LogP contribution is -2.04. The van der Waals surface area contributed by atoms with Gasteiger partial charge >= 0.3 is 0 Å². The number of nitrogens with zero attached hydrogens (tertiary/aromatic N) is 3. The first-order valence-electron chi connectivity index (χ1n) is 7.98. The van der Waals surface area contributed by atoms with E-state index in [-0.39, 0.29) is 17.3 Å². The van der Waals surface area contributed by atoms with Crippen molar-refractivity contribution in [3.05, 3.63) is 70.5 Å². The Bertz CT molecular complexity index is 1170. The van der Waals surface area contributed by atoms with Gasteiger partial charge in [-0.25, -0.2) is 4.99 Å². The van der Waals surface area contributed by atoms with Crippen molar-refractivity contribution in [3.8, 4) is 11.6 Å². The molecule has 2 aromatic heterocycles. The molecule has 7 nitrogen and oxygen atoms in total. The maximum Gasteiger partial charge on any atom is 0.199 e. The van der Waals surface area contributed by atoms with Crippen LogP contribution in [0.15, 0.2) is 64.3 Å². The molecule has 2 aromatic carbocycles. The molecule has 27 heavy (non-hydrogen) atoms. The lowest BCUT2D eigenvalue weighted by atomic mass is 10.00. The Morgan fingerprint density at radius 1 is 1.07 bits per heavy atom. The highest BCUT2D eigenvalue weighted by Gasteiger charge is 2.19. The minimum atomic E-state index is -0.0615. The van der Waals surface area contributed by atoms with E-state index >= 15 is 0 Å². The van der Waals surface area contributed by atoms with Crippen LogP contribution in [0.2, 0.25) is 0 Å². The molecule has 0 saturated heterocycles. The molecule has 5 N–H and O–H groups in total. The fourth-order valence-corrected chi connectivity index (χ4v) is 3.19. The molecule has 0 atom stereocenters. The number of benzene rings is 2. The molecule has 0 amide bonds. The van der Waals surface area contributed by atoms with Gasteiger partial charge in [-0.15, -0.1) is 0 Å². The number of hydrogen-bond acceptors (Lipinski definition) is 6. The number of phenolic OH excluding ortho intramolecular Hbond substituents is 1. The molecule has 0 fully saturated rings. The number of aromatic amines is 1. The van der Waals surface area contributed by atoms with Gasteiger partial charge in [0.2, 0.25) is 0 Å². The summed E-state index contributed by atoms with van der Waals surface area (Å²) in [7, 11) is 0. The van der Waals surface area contributed by atoms with Gasteiger partial charge in [-0.05, 0) is 36.4 Å². The Hall–Kier alpha value is -3.39. The number of halogens is 1. The molecule has 4 aromatic rings. The Morgan fingerprint density at radius 3 is 2.67 bits per heavy atom. The molecule has 4 rings (SSSR count). The van der Waals surface area contributed by atoms with E-state index < -0.39 is 0 Å². The number of H-pyrrole nitrogens is 1. The van der Waals surface area contributed by atoms with Crippen LogP contribution in [0.5, 0.6) is 11.6 Å². The molecule has 0 unspecified atom stereocenters. The van der Waals surface area contributed by atoms with Crippen molar-refractivity contribution in [2.24, 2.45) is 4.99 Å². The average molecular weight is 424 g/mol. The first kappa shape index (κ1) is 17.0. The number of fused-ring (bicyclic) bond motifs is 1. The highest BCUT2D eigenvalue weighted by Crippen LogP contribution is 2.34. The van der Waals surface area contributed by atoms with E-state index in [9.17, 15) is 10.2 Å². The molecular formula is C19H14BrN5O2. The van der Waals surface area contributed by atoms with Crippen molar-refractivity contribution in [1.29, 1.82) is 0 Å². The summed E-state index contributed by atoms with van der Waals surface area (Å²) in [4.78, 5) is 7.60. The van der Waals surface area contributed by atoms with E-state index in [1.165, 1.54) is 18.5 Å². The third kappa shape index (κ3) is 3.22. The van der Waals surface area contributed by atoms with Crippen LogP contribution in [0, 0.1) is 0 Å². The summed E-state index contributed by atoms with van der Waals surface area (Å²) in [6, 6.07) is 12.2. The van der Waals surface area contributed by atoms with Crippen molar-refractivity contribution in [1.82, 2.24) is 15.2 Å². The maximum atomic E-state index is 10.6. The van der Waals surface area contributed by atoms with Gasteiger partial charge in [-0.3, -0.25) is 0 Å². The SMILES string of the molecule is Nc1ccc(C(=Nc2ccnnc2)c2c(O)[nH]c3ccc(Br)cc23)cc1O. The van der Waals surface area contributed by atoms with E-state index in [1.807, 2.05) is 18.2 Å². The summed E-state index contributed by atoms with van der Waals surface area (Å²) < 4.78 is 0.861. The summed E-state index contributed by atoms with van der Waals surface area (Å²) in [5.74, 6) is -0.0891. The summed E-state index contributed by atoms with van der Waals surface area (Å²) in [5.41, 5.74) is 8.86. The number of hydrogen-bond donors (Lipinski definition) is 4. The van der Waals surface area contributed by atoms with E-state index in [4.69, 9.17) is 5.73 Å². The number of aromatic nitrogens is 3. The number of nitrogens with one attached hydrogen (secondary N) is 1. The largest absolute Gasteiger partial charge is 0.506 e. The molecule has 0 bridgehead atoms. The van der Waals surface area contributed by atoms with E-state index in [0.29, 0.717) is 22.5 Å². The molecule has 0 saturated carbocycles. The van der Waals surface area contributed by atoms with Crippen LogP contribution >= 0.6 is 15.9 Å². The maximum absolute atomic E-state index is 10.6. The first-order valence-corrected chi connectivity index (χ1v) is 8.77. The zero-order valence-electron chi connectivity index (χ0n) is 13.9. The van der Waals surface area contributed by atoms with Gasteiger partial charge in [0.25, 0.3) is 0 Å². The van der Waals surface area contributed by atoms with Crippen molar-refractivity contribution in [2.75, 3.05) is 5.73 Å². The highest BCUT2D eigenvalue weighted by atomic mass is 79.9. The van der Waals surface area contributed by atoms with Crippen molar-refractivity contribution >= 4 is 43.9 Å². The topological polar surface area (TPSA) is 120 Å². The summed E-state index contributed by atoms with van der Waals surface area (Å²) in [6.45, 7) is 0. The summed E-state index contributed by atoms with van der Waals surface area (Å²) in [5, 5.41) is 29.0. The molecule has 134 valence electrons. The van der Waals surface area contributed by atoms with E-state index in [1.54, 1.807) is 18.2 Å². The summed E-state index contributed by atoms with van der Waals surface area (Å²) in [6.07, 6.45) is 3.04. The standard InChI is InChI=1S/C19H14BrN5O2/c20-11-2-4-15-13(8-11)17(19(27)25-15)18(24-12-5-6-22-23-9-12)10-1-3-14(21)16(26)7-10/h1-9,25-27H,21H2. The van der Waals surface area contributed by atoms with Crippen LogP contribution in [0.25, 0.3) is 10.9 Å². The molecule has 0 aliphatic heterocycles. The van der Waals surface area contributed by atoms with Gasteiger partial charge in [-0.1, -0.05) is 22.0 Å². The quantitative estimate of drug-likeness (QED) is 0.226. The Morgan fingerprint density at radius 2 is 1.93 bits per heavy atom. The number of nitrogen functional groups attached to an aromatic ring is 1. The smallest absolute Gasteiger partial charge is 0.199 e. The Labute approximate surface area is 162 Å². The second-order valence-corrected chi connectivity index (χ2v) is 6.79. The van der Waals surface area contributed by atoms with Crippen LogP contribution in [0.4, 0.5) is 11.4 Å². The van der Waals surface area contributed by atoms with Gasteiger partial charge in [0.1, 0.15) is 5.75 Å². The molecule has 2 heterocycles. The van der Waals surface area contributed by atoms with Gasteiger partial charge in [0.15, 0.2) is 5.88 Å². The van der Waals surface area contributed by atoms with Crippen molar-refractivity contribution < 1.29 is 10.2 Å². The number of aliphatic imine (C=N–C) groups is 1. The van der Waals surface area contributed by atoms with Crippen LogP contribution < -0.4 is 5.73 Å². The number of anilines is 1. The van der Waals surface area contributed by atoms with Crippen LogP contribution in [-0.2, 0) is 0 Å². The minimum Gasteiger partial charge on any atom is -0.506 e. The molecule has 0 radical (unpaired) electrons. The third-order valence-corrected chi connectivity index (χ3v) is 4.58. The summed E-state index contributed by atoms with van der Waals surface area (Å²) >= 11 is 3.46. The molecule has 0 aliphatic rings. The fraction of sp³-hybridized carbons (Fsp3) is 0. The normalized spacial score (nSPS) is 11.8. The predicted octanol–water partition coefficient (Wildman–Crippen LogP) is 3.88. The third-order valence-electron chi connectivity index (χ3n) is 4.09. The number of rotatable bonds is 3. The monoisotopic (exact) mass is 423 g/mol. The first-order chi connectivity index (χ1) is 13.0. The molecular weight excluding hydrogens is 410 g/mol. The highest BCUT2D eigenvalue weighted by molar-refractivity contribution is 9.10. The van der Waals surface area contributed by atoms with Gasteiger partial charge in [-0.2, -0.15) is 10.2 Å². The number of aromatic hydroxyl groups is 2. The lowest BCUT2D eigenvalue weighted by molar-refractivity contribution is 0.457. The number of phenols is 1. The van der Waals surface area contributed by atoms with Crippen molar-refractivity contribution in [3.63, 3.8) is 0 Å². The van der Waals surface area contributed by atoms with E-state index in [0.717, 1.165) is 15.4 Å². The number of nitrogens with two attached hydrogens (primary N) is 1. The minimum absolute atomic E-state index is 0.0276. The second kappa shape index (κ2) is 6.73. The molecule has 0 spiro atoms. The van der Waals surface area contributed by atoms with Gasteiger partial charge in [0, 0.05) is 20.9 Å². The van der Waals surface area contributed by atoms with Crippen LogP contribution in [0.3, 0.4) is 0 Å². The van der Waals surface area contributed by atoms with Crippen LogP contribution in [0.1, 0.15) is 11.1 Å². The molecule has 8 heteroatoms. The van der Waals surface area contributed by atoms with Crippen LogP contribution in [-0.4, -0.2) is 31.1 Å². The lowest BCUT2D eigenvalue weighted by Gasteiger charge is -2.09. The predicted molar refractivity (Wildman–Crippen MR) is 108 cm³/mol. The molecule has 0 aliphatic carbocycles. The Kier molecular flexibility index (Phi) is 4.25. The zero-order valence-corrected chi connectivity index (χ0v) is 15.5. The zero-order chi connectivity index (χ0) is 19.0. The van der Waals surface area contributed by atoms with E-state index in [2.05, 4.69) is 36.1 Å². The van der Waals surface area contributed by atoms with Gasteiger partial charge < -0.3 is 20.9 Å². The average Bonchev–Trinajstić information content (AvgIpc) is 2.98. The van der Waals surface area contributed by atoms with Gasteiger partial charge in [0.05, 0.1) is 35.0 Å². The van der Waals surface area contributed by atoms with Crippen molar-refractivity contribution in [2.45, 2.75) is 0 Å². The fourth-order valence-electron chi connectivity index (χ4n) is 2.82. The Balaban J connectivity index is 2.02. The second-order valence-electron chi connectivity index (χ2n) is 5.87.